The summed E-state index contributed by atoms with van der Waals surface area (Å²) in [5.74, 6) is 1.17. The van der Waals surface area contributed by atoms with Crippen LogP contribution in [0, 0.1) is 19.8 Å². The summed E-state index contributed by atoms with van der Waals surface area (Å²) in [6.07, 6.45) is 5.92. The van der Waals surface area contributed by atoms with Crippen LogP contribution >= 0.6 is 15.9 Å². The Bertz CT molecular complexity index is 745. The van der Waals surface area contributed by atoms with Gasteiger partial charge in [0.05, 0.1) is 6.04 Å². The molecule has 22 heavy (non-hydrogen) atoms. The Hall–Kier alpha value is -1.54. The second kappa shape index (κ2) is 5.27. The molecule has 0 unspecified atom stereocenters. The maximum atomic E-state index is 3.86. The largest absolute Gasteiger partial charge is 0.377 e. The first-order valence-corrected chi connectivity index (χ1v) is 8.73. The highest BCUT2D eigenvalue weighted by atomic mass is 79.9. The summed E-state index contributed by atoms with van der Waals surface area (Å²) >= 11 is 3.54. The van der Waals surface area contributed by atoms with Gasteiger partial charge in [0.25, 0.3) is 0 Å². The molecular formula is C20H20BrN. The van der Waals surface area contributed by atoms with Crippen molar-refractivity contribution in [3.8, 4) is 0 Å². The van der Waals surface area contributed by atoms with Crippen molar-refractivity contribution in [1.29, 1.82) is 0 Å². The second-order valence-corrected chi connectivity index (χ2v) is 7.41. The van der Waals surface area contributed by atoms with Crippen LogP contribution in [0.3, 0.4) is 0 Å². The molecule has 0 aromatic heterocycles. The Labute approximate surface area is 140 Å². The van der Waals surface area contributed by atoms with Gasteiger partial charge in [-0.1, -0.05) is 52.3 Å². The molecule has 0 bridgehead atoms. The molecule has 0 amide bonds. The highest BCUT2D eigenvalue weighted by Crippen LogP contribution is 2.50. The summed E-state index contributed by atoms with van der Waals surface area (Å²) in [4.78, 5) is 0. The zero-order chi connectivity index (χ0) is 15.3. The van der Waals surface area contributed by atoms with E-state index in [2.05, 4.69) is 83.6 Å². The molecule has 4 rings (SSSR count). The minimum Gasteiger partial charge on any atom is -0.377 e. The molecule has 2 heteroatoms. The standard InChI is InChI=1S/C20H20BrN/c1-12-6-11-18-16-4-3-5-17(16)20(22-19(18)13(12)2)14-7-9-15(21)10-8-14/h3-4,6-11,16-17,20,22H,5H2,1-2H3/t16-,17+,20+/m1/s1. The third-order valence-corrected chi connectivity index (χ3v) is 5.83. The van der Waals surface area contributed by atoms with E-state index in [1.807, 2.05) is 0 Å². The van der Waals surface area contributed by atoms with Crippen LogP contribution in [-0.2, 0) is 0 Å². The lowest BCUT2D eigenvalue weighted by molar-refractivity contribution is 0.425. The number of hydrogen-bond donors (Lipinski definition) is 1. The molecule has 2 aromatic carbocycles. The summed E-state index contributed by atoms with van der Waals surface area (Å²) in [6.45, 7) is 4.43. The van der Waals surface area contributed by atoms with Crippen LogP contribution in [0.4, 0.5) is 5.69 Å². The molecule has 3 atom stereocenters. The van der Waals surface area contributed by atoms with Crippen LogP contribution in [0.2, 0.25) is 0 Å². The lowest BCUT2D eigenvalue weighted by Crippen LogP contribution is -2.29. The number of anilines is 1. The normalized spacial score (nSPS) is 25.5. The average molecular weight is 354 g/mol. The van der Waals surface area contributed by atoms with Gasteiger partial charge in [0.1, 0.15) is 0 Å². The molecule has 0 saturated carbocycles. The number of halogens is 1. The number of benzene rings is 2. The van der Waals surface area contributed by atoms with Gasteiger partial charge in [-0.05, 0) is 60.6 Å². The summed E-state index contributed by atoms with van der Waals surface area (Å²) in [5.41, 5.74) is 6.95. The van der Waals surface area contributed by atoms with Crippen molar-refractivity contribution >= 4 is 21.6 Å². The van der Waals surface area contributed by atoms with Gasteiger partial charge >= 0.3 is 0 Å². The van der Waals surface area contributed by atoms with Crippen LogP contribution in [0.25, 0.3) is 0 Å². The second-order valence-electron chi connectivity index (χ2n) is 6.50. The van der Waals surface area contributed by atoms with E-state index in [4.69, 9.17) is 0 Å². The zero-order valence-corrected chi connectivity index (χ0v) is 14.5. The Kier molecular flexibility index (Phi) is 3.37. The van der Waals surface area contributed by atoms with Crippen LogP contribution in [0.15, 0.2) is 53.0 Å². The van der Waals surface area contributed by atoms with Crippen LogP contribution in [-0.4, -0.2) is 0 Å². The van der Waals surface area contributed by atoms with E-state index in [1.54, 1.807) is 0 Å². The first-order chi connectivity index (χ1) is 10.6. The minimum absolute atomic E-state index is 0.390. The monoisotopic (exact) mass is 353 g/mol. The lowest BCUT2D eigenvalue weighted by atomic mass is 9.76. The molecule has 2 aromatic rings. The van der Waals surface area contributed by atoms with Crippen molar-refractivity contribution < 1.29 is 0 Å². The molecule has 0 saturated heterocycles. The van der Waals surface area contributed by atoms with Gasteiger partial charge in [-0.15, -0.1) is 0 Å². The summed E-state index contributed by atoms with van der Waals surface area (Å²) in [6, 6.07) is 13.7. The fraction of sp³-hybridized carbons (Fsp3) is 0.300. The topological polar surface area (TPSA) is 12.0 Å². The van der Waals surface area contributed by atoms with Gasteiger partial charge in [0, 0.05) is 16.1 Å². The molecule has 112 valence electrons. The van der Waals surface area contributed by atoms with E-state index >= 15 is 0 Å². The number of aryl methyl sites for hydroxylation is 1. The van der Waals surface area contributed by atoms with Crippen LogP contribution in [0.1, 0.15) is 40.6 Å². The minimum atomic E-state index is 0.390. The highest BCUT2D eigenvalue weighted by Gasteiger charge is 2.38. The van der Waals surface area contributed by atoms with Gasteiger partial charge in [-0.2, -0.15) is 0 Å². The lowest BCUT2D eigenvalue weighted by Gasteiger charge is -2.38. The maximum Gasteiger partial charge on any atom is 0.0554 e. The number of rotatable bonds is 1. The van der Waals surface area contributed by atoms with E-state index in [0.717, 1.165) is 10.9 Å². The van der Waals surface area contributed by atoms with E-state index in [0.29, 0.717) is 17.9 Å². The first-order valence-electron chi connectivity index (χ1n) is 7.94. The summed E-state index contributed by atoms with van der Waals surface area (Å²) in [5, 5.41) is 3.86. The fourth-order valence-electron chi connectivity index (χ4n) is 3.92. The third-order valence-electron chi connectivity index (χ3n) is 5.30. The molecule has 0 radical (unpaired) electrons. The van der Waals surface area contributed by atoms with Gasteiger partial charge < -0.3 is 5.32 Å². The van der Waals surface area contributed by atoms with Crippen LogP contribution in [0.5, 0.6) is 0 Å². The van der Waals surface area contributed by atoms with Gasteiger partial charge in [-0.25, -0.2) is 0 Å². The number of allylic oxidation sites excluding steroid dienone is 2. The molecule has 0 fully saturated rings. The first kappa shape index (κ1) is 14.1. The van der Waals surface area contributed by atoms with Crippen LogP contribution < -0.4 is 5.32 Å². The number of fused-ring (bicyclic) bond motifs is 3. The van der Waals surface area contributed by atoms with Crippen molar-refractivity contribution in [3.63, 3.8) is 0 Å². The molecule has 1 aliphatic heterocycles. The fourth-order valence-corrected chi connectivity index (χ4v) is 4.18. The molecule has 1 aliphatic carbocycles. The predicted octanol–water partition coefficient (Wildman–Crippen LogP) is 5.89. The van der Waals surface area contributed by atoms with Gasteiger partial charge in [0.15, 0.2) is 0 Å². The average Bonchev–Trinajstić information content (AvgIpc) is 3.01. The van der Waals surface area contributed by atoms with Crippen molar-refractivity contribution in [3.05, 3.63) is 75.3 Å². The maximum absolute atomic E-state index is 3.86. The van der Waals surface area contributed by atoms with E-state index in [-0.39, 0.29) is 0 Å². The van der Waals surface area contributed by atoms with Crippen molar-refractivity contribution in [2.45, 2.75) is 32.2 Å². The van der Waals surface area contributed by atoms with Crippen molar-refractivity contribution in [2.24, 2.45) is 5.92 Å². The van der Waals surface area contributed by atoms with E-state index in [9.17, 15) is 0 Å². The number of nitrogens with one attached hydrogen (secondary N) is 1. The predicted molar refractivity (Wildman–Crippen MR) is 96.4 cm³/mol. The van der Waals surface area contributed by atoms with Gasteiger partial charge in [-0.3, -0.25) is 0 Å². The van der Waals surface area contributed by atoms with Gasteiger partial charge in [0.2, 0.25) is 0 Å². The molecular weight excluding hydrogens is 334 g/mol. The Morgan fingerprint density at radius 3 is 2.59 bits per heavy atom. The SMILES string of the molecule is Cc1ccc2c(c1C)N[C@@H](c1ccc(Br)cc1)[C@H]1CC=C[C@@H]21. The molecule has 2 aliphatic rings. The molecule has 1 nitrogen and oxygen atoms in total. The molecule has 1 N–H and O–H groups in total. The quantitative estimate of drug-likeness (QED) is 0.630. The highest BCUT2D eigenvalue weighted by molar-refractivity contribution is 9.10. The van der Waals surface area contributed by atoms with E-state index < -0.39 is 0 Å². The Morgan fingerprint density at radius 2 is 1.82 bits per heavy atom. The Morgan fingerprint density at radius 1 is 1.05 bits per heavy atom. The summed E-state index contributed by atoms with van der Waals surface area (Å²) < 4.78 is 1.14. The third kappa shape index (κ3) is 2.13. The summed E-state index contributed by atoms with van der Waals surface area (Å²) in [7, 11) is 0. The molecule has 1 heterocycles. The molecule has 0 spiro atoms. The Balaban J connectivity index is 1.82. The van der Waals surface area contributed by atoms with Crippen molar-refractivity contribution in [2.75, 3.05) is 5.32 Å². The smallest absolute Gasteiger partial charge is 0.0554 e. The number of hydrogen-bond acceptors (Lipinski definition) is 1. The van der Waals surface area contributed by atoms with E-state index in [1.165, 1.54) is 27.9 Å². The van der Waals surface area contributed by atoms with Crippen molar-refractivity contribution in [1.82, 2.24) is 0 Å². The zero-order valence-electron chi connectivity index (χ0n) is 12.9.